The van der Waals surface area contributed by atoms with Crippen LogP contribution < -0.4 is 5.32 Å². The molecule has 0 aliphatic rings. The van der Waals surface area contributed by atoms with Gasteiger partial charge in [0.15, 0.2) is 0 Å². The van der Waals surface area contributed by atoms with E-state index in [0.29, 0.717) is 6.54 Å². The van der Waals surface area contributed by atoms with Gasteiger partial charge in [-0.25, -0.2) is 0 Å². The van der Waals surface area contributed by atoms with Crippen molar-refractivity contribution in [2.45, 2.75) is 32.5 Å². The van der Waals surface area contributed by atoms with Crippen LogP contribution in [0.3, 0.4) is 0 Å². The van der Waals surface area contributed by atoms with Gasteiger partial charge in [0.1, 0.15) is 0 Å². The number of hydrogen-bond donors (Lipinski definition) is 2. The van der Waals surface area contributed by atoms with Crippen molar-refractivity contribution in [2.24, 2.45) is 0 Å². The minimum absolute atomic E-state index is 0.602. The van der Waals surface area contributed by atoms with Gasteiger partial charge >= 0.3 is 0 Å². The largest absolute Gasteiger partial charge is 0.388 e. The molecule has 4 nitrogen and oxygen atoms in total. The van der Waals surface area contributed by atoms with Crippen molar-refractivity contribution >= 4 is 11.8 Å². The molecule has 5 heteroatoms. The first kappa shape index (κ1) is 13.5. The highest BCUT2D eigenvalue weighted by Gasteiger charge is 2.18. The second kappa shape index (κ2) is 6.27. The number of aliphatic hydroxyl groups is 1. The first-order valence-electron chi connectivity index (χ1n) is 5.51. The summed E-state index contributed by atoms with van der Waals surface area (Å²) in [4.78, 5) is 0. The average molecular weight is 243 g/mol. The molecule has 16 heavy (non-hydrogen) atoms. The Balaban J connectivity index is 2.29. The Morgan fingerprint density at radius 1 is 1.62 bits per heavy atom. The van der Waals surface area contributed by atoms with Crippen molar-refractivity contribution in [3.05, 3.63) is 18.0 Å². The van der Waals surface area contributed by atoms with Crippen LogP contribution in [0, 0.1) is 0 Å². The molecule has 0 aliphatic carbocycles. The van der Waals surface area contributed by atoms with Crippen LogP contribution in [0.2, 0.25) is 0 Å². The van der Waals surface area contributed by atoms with Crippen molar-refractivity contribution in [3.63, 3.8) is 0 Å². The highest BCUT2D eigenvalue weighted by Crippen LogP contribution is 2.09. The second-order valence-corrected chi connectivity index (χ2v) is 5.10. The first-order valence-corrected chi connectivity index (χ1v) is 6.90. The van der Waals surface area contributed by atoms with Gasteiger partial charge in [0.05, 0.1) is 11.8 Å². The fraction of sp³-hybridized carbons (Fsp3) is 0.727. The van der Waals surface area contributed by atoms with E-state index in [1.54, 1.807) is 11.8 Å². The molecule has 2 N–H and O–H groups in total. The van der Waals surface area contributed by atoms with Gasteiger partial charge in [0, 0.05) is 37.1 Å². The fourth-order valence-corrected chi connectivity index (χ4v) is 2.23. The fourth-order valence-electron chi connectivity index (χ4n) is 1.51. The van der Waals surface area contributed by atoms with Crippen molar-refractivity contribution in [1.29, 1.82) is 0 Å². The molecule has 0 radical (unpaired) electrons. The predicted octanol–water partition coefficient (Wildman–Crippen LogP) is 1.11. The van der Waals surface area contributed by atoms with Gasteiger partial charge in [-0.3, -0.25) is 4.68 Å². The molecule has 1 rings (SSSR count). The van der Waals surface area contributed by atoms with E-state index in [1.165, 1.54) is 0 Å². The van der Waals surface area contributed by atoms with Crippen LogP contribution in [0.4, 0.5) is 0 Å². The maximum Gasteiger partial charge on any atom is 0.0833 e. The molecule has 92 valence electrons. The zero-order valence-electron chi connectivity index (χ0n) is 10.2. The number of thioether (sulfide) groups is 1. The number of hydrogen-bond acceptors (Lipinski definition) is 4. The van der Waals surface area contributed by atoms with Crippen molar-refractivity contribution in [1.82, 2.24) is 15.1 Å². The summed E-state index contributed by atoms with van der Waals surface area (Å²) in [7, 11) is 0. The summed E-state index contributed by atoms with van der Waals surface area (Å²) in [5.74, 6) is 0.744. The van der Waals surface area contributed by atoms with Crippen LogP contribution in [0.5, 0.6) is 0 Å². The highest BCUT2D eigenvalue weighted by atomic mass is 32.2. The Labute approximate surface area is 101 Å². The van der Waals surface area contributed by atoms with Crippen molar-refractivity contribution in [3.8, 4) is 0 Å². The van der Waals surface area contributed by atoms with Crippen LogP contribution >= 0.6 is 11.8 Å². The van der Waals surface area contributed by atoms with Crippen molar-refractivity contribution < 1.29 is 5.11 Å². The predicted molar refractivity (Wildman–Crippen MR) is 68.6 cm³/mol. The third-order valence-corrected chi connectivity index (χ3v) is 3.21. The molecular weight excluding hydrogens is 222 g/mol. The normalized spacial score (nSPS) is 15.0. The van der Waals surface area contributed by atoms with Gasteiger partial charge in [0.25, 0.3) is 0 Å². The van der Waals surface area contributed by atoms with Gasteiger partial charge < -0.3 is 10.4 Å². The molecule has 0 spiro atoms. The lowest BCUT2D eigenvalue weighted by Crippen LogP contribution is -2.39. The molecular formula is C11H21N3OS. The molecule has 0 saturated heterocycles. The lowest BCUT2D eigenvalue weighted by Gasteiger charge is -2.22. The van der Waals surface area contributed by atoms with Crippen LogP contribution in [-0.2, 0) is 13.1 Å². The number of nitrogens with zero attached hydrogens (tertiary/aromatic N) is 2. The summed E-state index contributed by atoms with van der Waals surface area (Å²) in [6, 6.07) is 0. The zero-order valence-corrected chi connectivity index (χ0v) is 11.0. The Morgan fingerprint density at radius 3 is 2.94 bits per heavy atom. The number of aryl methyl sites for hydroxylation is 1. The minimum Gasteiger partial charge on any atom is -0.388 e. The smallest absolute Gasteiger partial charge is 0.0833 e. The Bertz CT molecular complexity index is 312. The van der Waals surface area contributed by atoms with E-state index >= 15 is 0 Å². The Morgan fingerprint density at radius 2 is 2.38 bits per heavy atom. The zero-order chi connectivity index (χ0) is 12.0. The minimum atomic E-state index is -0.639. The van der Waals surface area contributed by atoms with Crippen molar-refractivity contribution in [2.75, 3.05) is 18.6 Å². The summed E-state index contributed by atoms with van der Waals surface area (Å²) < 4.78 is 1.90. The van der Waals surface area contributed by atoms with Crippen LogP contribution in [0.25, 0.3) is 0 Å². The molecule has 0 amide bonds. The summed E-state index contributed by atoms with van der Waals surface area (Å²) in [5, 5.41) is 17.4. The summed E-state index contributed by atoms with van der Waals surface area (Å²) >= 11 is 1.66. The van der Waals surface area contributed by atoms with Crippen LogP contribution in [0.1, 0.15) is 19.4 Å². The Hall–Kier alpha value is -0.520. The topological polar surface area (TPSA) is 50.1 Å². The summed E-state index contributed by atoms with van der Waals surface area (Å²) in [6.07, 6.45) is 5.88. The number of nitrogens with one attached hydrogen (secondary N) is 1. The third kappa shape index (κ3) is 4.55. The highest BCUT2D eigenvalue weighted by molar-refractivity contribution is 7.98. The van der Waals surface area contributed by atoms with E-state index in [1.807, 2.05) is 30.3 Å². The molecule has 1 aromatic heterocycles. The van der Waals surface area contributed by atoms with Crippen LogP contribution in [0.15, 0.2) is 12.4 Å². The maximum absolute atomic E-state index is 9.94. The van der Waals surface area contributed by atoms with Gasteiger partial charge in [-0.1, -0.05) is 0 Å². The molecule has 0 bridgehead atoms. The number of rotatable bonds is 7. The van der Waals surface area contributed by atoms with E-state index in [0.717, 1.165) is 24.4 Å². The monoisotopic (exact) mass is 243 g/mol. The van der Waals surface area contributed by atoms with Gasteiger partial charge in [-0.2, -0.15) is 16.9 Å². The molecule has 0 fully saturated rings. The van der Waals surface area contributed by atoms with E-state index in [4.69, 9.17) is 0 Å². The molecule has 1 heterocycles. The summed E-state index contributed by atoms with van der Waals surface area (Å²) in [6.45, 7) is 6.17. The molecule has 1 unspecified atom stereocenters. The lowest BCUT2D eigenvalue weighted by molar-refractivity contribution is 0.0846. The van der Waals surface area contributed by atoms with E-state index in [9.17, 15) is 5.11 Å². The van der Waals surface area contributed by atoms with Crippen LogP contribution in [-0.4, -0.2) is 39.0 Å². The quantitative estimate of drug-likeness (QED) is 0.753. The van der Waals surface area contributed by atoms with Gasteiger partial charge in [-0.15, -0.1) is 0 Å². The molecule has 0 aliphatic heterocycles. The standard InChI is InChI=1S/C11H21N3OS/c1-4-14-7-10(6-13-14)5-12-8-11(2,15)9-16-3/h6-7,12,15H,4-5,8-9H2,1-3H3. The van der Waals surface area contributed by atoms with Gasteiger partial charge in [0.2, 0.25) is 0 Å². The maximum atomic E-state index is 9.94. The average Bonchev–Trinajstić information content (AvgIpc) is 2.65. The van der Waals surface area contributed by atoms with Gasteiger partial charge in [-0.05, 0) is 20.1 Å². The molecule has 1 atom stereocenters. The van der Waals surface area contributed by atoms with E-state index in [-0.39, 0.29) is 0 Å². The lowest BCUT2D eigenvalue weighted by atomic mass is 10.1. The SMILES string of the molecule is CCn1cc(CNCC(C)(O)CSC)cn1. The third-order valence-electron chi connectivity index (χ3n) is 2.30. The summed E-state index contributed by atoms with van der Waals surface area (Å²) in [5.41, 5.74) is 0.516. The molecule has 1 aromatic rings. The molecule has 0 saturated carbocycles. The Kier molecular flexibility index (Phi) is 5.31. The number of aromatic nitrogens is 2. The second-order valence-electron chi connectivity index (χ2n) is 4.24. The van der Waals surface area contributed by atoms with E-state index in [2.05, 4.69) is 17.3 Å². The van der Waals surface area contributed by atoms with E-state index < -0.39 is 5.60 Å². The molecule has 0 aromatic carbocycles. The first-order chi connectivity index (χ1) is 7.57.